The Bertz CT molecular complexity index is 523. The van der Waals surface area contributed by atoms with Gasteiger partial charge < -0.3 is 5.11 Å². The molecule has 0 fully saturated rings. The van der Waals surface area contributed by atoms with Crippen LogP contribution in [0.15, 0.2) is 24.3 Å². The molecule has 1 aromatic rings. The summed E-state index contributed by atoms with van der Waals surface area (Å²) in [6, 6.07) is 8.83. The second-order valence-electron chi connectivity index (χ2n) is 9.29. The zero-order valence-corrected chi connectivity index (χ0v) is 17.0. The number of carboxylic acid groups (broad SMARTS) is 1. The van der Waals surface area contributed by atoms with Crippen LogP contribution in [0.5, 0.6) is 0 Å². The molecule has 0 saturated carbocycles. The molecule has 0 heterocycles. The summed E-state index contributed by atoms with van der Waals surface area (Å²) in [6.45, 7) is 10.6. The van der Waals surface area contributed by atoms with Crippen molar-refractivity contribution in [3.05, 3.63) is 35.4 Å². The van der Waals surface area contributed by atoms with Crippen LogP contribution in [-0.2, 0) is 17.6 Å². The van der Waals surface area contributed by atoms with E-state index in [4.69, 9.17) is 5.11 Å². The fourth-order valence-electron chi connectivity index (χ4n) is 3.18. The van der Waals surface area contributed by atoms with Crippen molar-refractivity contribution in [3.8, 4) is 0 Å². The van der Waals surface area contributed by atoms with Gasteiger partial charge in [0.2, 0.25) is 0 Å². The fourth-order valence-corrected chi connectivity index (χ4v) is 3.18. The third kappa shape index (κ3) is 9.09. The number of carbonyl (C=O) groups is 1. The molecule has 0 radical (unpaired) electrons. The zero-order valence-electron chi connectivity index (χ0n) is 17.0. The lowest BCUT2D eigenvalue weighted by atomic mass is 9.86. The van der Waals surface area contributed by atoms with E-state index in [0.29, 0.717) is 5.41 Å². The van der Waals surface area contributed by atoms with E-state index >= 15 is 0 Å². The Morgan fingerprint density at radius 2 is 1.28 bits per heavy atom. The van der Waals surface area contributed by atoms with Gasteiger partial charge in [-0.1, -0.05) is 64.3 Å². The highest BCUT2D eigenvalue weighted by Crippen LogP contribution is 2.25. The Balaban J connectivity index is 2.35. The van der Waals surface area contributed by atoms with Crippen molar-refractivity contribution < 1.29 is 9.90 Å². The molecule has 1 aromatic carbocycles. The number of rotatable bonds is 11. The molecule has 0 aliphatic rings. The van der Waals surface area contributed by atoms with Crippen LogP contribution in [0, 0.1) is 10.8 Å². The zero-order chi connectivity index (χ0) is 18.9. The van der Waals surface area contributed by atoms with Crippen LogP contribution in [0.2, 0.25) is 0 Å². The normalized spacial score (nSPS) is 12.4. The summed E-state index contributed by atoms with van der Waals surface area (Å²) < 4.78 is 0. The number of carboxylic acids is 1. The Morgan fingerprint density at radius 1 is 0.800 bits per heavy atom. The standard InChI is InChI=1S/C23H38O2/c1-22(2,3)17-12-10-16-20-15-9-8-14-19(20)13-7-6-11-18-23(4,5)21(24)25/h8-9,14-15H,6-7,10-13,16-18H2,1-5H3,(H,24,25). The Labute approximate surface area is 155 Å². The highest BCUT2D eigenvalue weighted by Gasteiger charge is 2.25. The predicted octanol–water partition coefficient (Wildman–Crippen LogP) is 6.66. The lowest BCUT2D eigenvalue weighted by molar-refractivity contribution is -0.147. The number of hydrogen-bond donors (Lipinski definition) is 1. The van der Waals surface area contributed by atoms with Crippen molar-refractivity contribution >= 4 is 5.97 Å². The molecule has 0 amide bonds. The molecular formula is C23H38O2. The summed E-state index contributed by atoms with van der Waals surface area (Å²) in [4.78, 5) is 11.1. The fraction of sp³-hybridized carbons (Fsp3) is 0.696. The molecule has 25 heavy (non-hydrogen) atoms. The molecule has 0 atom stereocenters. The number of aliphatic carboxylic acids is 1. The first-order valence-corrected chi connectivity index (χ1v) is 9.92. The summed E-state index contributed by atoms with van der Waals surface area (Å²) in [5.74, 6) is -0.687. The van der Waals surface area contributed by atoms with Crippen LogP contribution in [0.4, 0.5) is 0 Å². The molecule has 1 N–H and O–H groups in total. The smallest absolute Gasteiger partial charge is 0.309 e. The molecule has 1 rings (SSSR count). The highest BCUT2D eigenvalue weighted by molar-refractivity contribution is 5.73. The molecule has 0 bridgehead atoms. The van der Waals surface area contributed by atoms with Crippen molar-refractivity contribution in [3.63, 3.8) is 0 Å². The lowest BCUT2D eigenvalue weighted by Gasteiger charge is -2.18. The Morgan fingerprint density at radius 3 is 1.76 bits per heavy atom. The van der Waals surface area contributed by atoms with Gasteiger partial charge in [-0.25, -0.2) is 0 Å². The van der Waals surface area contributed by atoms with Gasteiger partial charge in [-0.3, -0.25) is 4.79 Å². The molecule has 2 heteroatoms. The van der Waals surface area contributed by atoms with E-state index in [-0.39, 0.29) is 0 Å². The van der Waals surface area contributed by atoms with Crippen LogP contribution in [0.1, 0.15) is 90.7 Å². The van der Waals surface area contributed by atoms with Crippen LogP contribution in [0.25, 0.3) is 0 Å². The van der Waals surface area contributed by atoms with E-state index in [2.05, 4.69) is 45.0 Å². The topological polar surface area (TPSA) is 37.3 Å². The van der Waals surface area contributed by atoms with Crippen LogP contribution < -0.4 is 0 Å². The SMILES string of the molecule is CC(C)(C)CCCCc1ccccc1CCCCCC(C)(C)C(=O)O. The van der Waals surface area contributed by atoms with E-state index in [0.717, 1.165) is 32.1 Å². The predicted molar refractivity (Wildman–Crippen MR) is 107 cm³/mol. The largest absolute Gasteiger partial charge is 0.481 e. The first-order chi connectivity index (χ1) is 11.6. The van der Waals surface area contributed by atoms with Gasteiger partial charge in [-0.05, 0) is 68.9 Å². The molecule has 2 nitrogen and oxygen atoms in total. The maximum Gasteiger partial charge on any atom is 0.309 e. The maximum absolute atomic E-state index is 11.1. The van der Waals surface area contributed by atoms with Crippen molar-refractivity contribution in [2.24, 2.45) is 10.8 Å². The second-order valence-corrected chi connectivity index (χ2v) is 9.29. The average Bonchev–Trinajstić information content (AvgIpc) is 2.51. The molecule has 0 unspecified atom stereocenters. The molecule has 0 aliphatic heterocycles. The summed E-state index contributed by atoms with van der Waals surface area (Å²) in [5.41, 5.74) is 2.83. The molecule has 0 aliphatic carbocycles. The van der Waals surface area contributed by atoms with E-state index in [1.165, 1.54) is 36.8 Å². The van der Waals surface area contributed by atoms with E-state index in [1.54, 1.807) is 0 Å². The second kappa shape index (κ2) is 9.99. The van der Waals surface area contributed by atoms with Crippen molar-refractivity contribution in [1.82, 2.24) is 0 Å². The molecular weight excluding hydrogens is 308 g/mol. The third-order valence-corrected chi connectivity index (χ3v) is 5.07. The summed E-state index contributed by atoms with van der Waals surface area (Å²) in [7, 11) is 0. The molecule has 0 spiro atoms. The monoisotopic (exact) mass is 346 g/mol. The number of hydrogen-bond acceptors (Lipinski definition) is 1. The minimum atomic E-state index is -0.687. The Kier molecular flexibility index (Phi) is 8.68. The third-order valence-electron chi connectivity index (χ3n) is 5.07. The minimum absolute atomic E-state index is 0.434. The van der Waals surface area contributed by atoms with Crippen molar-refractivity contribution in [1.29, 1.82) is 0 Å². The molecule has 0 aromatic heterocycles. The summed E-state index contributed by atoms with van der Waals surface area (Å²) in [5, 5.41) is 9.17. The first-order valence-electron chi connectivity index (χ1n) is 9.92. The van der Waals surface area contributed by atoms with Crippen LogP contribution in [-0.4, -0.2) is 11.1 Å². The minimum Gasteiger partial charge on any atom is -0.481 e. The van der Waals surface area contributed by atoms with Gasteiger partial charge in [0, 0.05) is 0 Å². The van der Waals surface area contributed by atoms with E-state index < -0.39 is 11.4 Å². The number of aryl methyl sites for hydroxylation is 2. The number of benzene rings is 1. The van der Waals surface area contributed by atoms with Gasteiger partial charge in [0.05, 0.1) is 5.41 Å². The highest BCUT2D eigenvalue weighted by atomic mass is 16.4. The van der Waals surface area contributed by atoms with E-state index in [9.17, 15) is 4.79 Å². The quantitative estimate of drug-likeness (QED) is 0.455. The number of unbranched alkanes of at least 4 members (excludes halogenated alkanes) is 3. The van der Waals surface area contributed by atoms with Crippen molar-refractivity contribution in [2.75, 3.05) is 0 Å². The Hall–Kier alpha value is -1.31. The first kappa shape index (κ1) is 21.7. The van der Waals surface area contributed by atoms with E-state index in [1.807, 2.05) is 13.8 Å². The van der Waals surface area contributed by atoms with Crippen molar-refractivity contribution in [2.45, 2.75) is 92.4 Å². The van der Waals surface area contributed by atoms with Gasteiger partial charge in [0.25, 0.3) is 0 Å². The van der Waals surface area contributed by atoms with Crippen LogP contribution >= 0.6 is 0 Å². The van der Waals surface area contributed by atoms with Crippen LogP contribution in [0.3, 0.4) is 0 Å². The summed E-state index contributed by atoms with van der Waals surface area (Å²) >= 11 is 0. The van der Waals surface area contributed by atoms with Gasteiger partial charge in [-0.2, -0.15) is 0 Å². The van der Waals surface area contributed by atoms with Gasteiger partial charge in [0.1, 0.15) is 0 Å². The molecule has 0 saturated heterocycles. The summed E-state index contributed by atoms with van der Waals surface area (Å²) in [6.07, 6.45) is 10.1. The van der Waals surface area contributed by atoms with Gasteiger partial charge >= 0.3 is 5.97 Å². The molecule has 142 valence electrons. The average molecular weight is 347 g/mol. The van der Waals surface area contributed by atoms with Gasteiger partial charge in [0.15, 0.2) is 0 Å². The van der Waals surface area contributed by atoms with Gasteiger partial charge in [-0.15, -0.1) is 0 Å². The maximum atomic E-state index is 11.1. The lowest BCUT2D eigenvalue weighted by Crippen LogP contribution is -2.23.